The van der Waals surface area contributed by atoms with Gasteiger partial charge in [0.15, 0.2) is 5.82 Å². The molecule has 2 heterocycles. The molecule has 14 heteroatoms. The molecule has 0 bridgehead atoms. The number of alkyl halides is 3. The fourth-order valence-electron chi connectivity index (χ4n) is 4.02. The van der Waals surface area contributed by atoms with Crippen LogP contribution in [0.3, 0.4) is 0 Å². The monoisotopic (exact) mass is 493 g/mol. The van der Waals surface area contributed by atoms with Crippen molar-refractivity contribution in [3.63, 3.8) is 0 Å². The van der Waals surface area contributed by atoms with Gasteiger partial charge in [0.25, 0.3) is 0 Å². The van der Waals surface area contributed by atoms with E-state index >= 15 is 0 Å². The normalized spacial score (nSPS) is 16.2. The lowest BCUT2D eigenvalue weighted by Crippen LogP contribution is -2.48. The van der Waals surface area contributed by atoms with Gasteiger partial charge in [0.2, 0.25) is 5.88 Å². The summed E-state index contributed by atoms with van der Waals surface area (Å²) in [6, 6.07) is 4.66. The van der Waals surface area contributed by atoms with Crippen molar-refractivity contribution in [3.8, 4) is 11.7 Å². The van der Waals surface area contributed by atoms with Gasteiger partial charge in [-0.1, -0.05) is 22.0 Å². The minimum atomic E-state index is -4.26. The number of ether oxygens (including phenoxy) is 2. The van der Waals surface area contributed by atoms with Crippen molar-refractivity contribution in [1.29, 1.82) is 0 Å². The molecular formula is C20H27B4ClF3N3O3. The van der Waals surface area contributed by atoms with E-state index in [0.29, 0.717) is 5.82 Å². The molecule has 6 nitrogen and oxygen atoms in total. The topological polar surface area (TPSA) is 66.2 Å². The predicted octanol–water partition coefficient (Wildman–Crippen LogP) is 1.36. The third kappa shape index (κ3) is 4.99. The maximum absolute atomic E-state index is 13.8. The minimum absolute atomic E-state index is 0.0329. The van der Waals surface area contributed by atoms with Gasteiger partial charge in [-0.15, -0.1) is 5.10 Å². The van der Waals surface area contributed by atoms with E-state index in [4.69, 9.17) is 21.1 Å². The van der Waals surface area contributed by atoms with Crippen molar-refractivity contribution < 1.29 is 27.4 Å². The van der Waals surface area contributed by atoms with Crippen LogP contribution in [0.25, 0.3) is 5.82 Å². The lowest BCUT2D eigenvalue weighted by Gasteiger charge is -2.48. The molecule has 0 aliphatic heterocycles. The van der Waals surface area contributed by atoms with Crippen molar-refractivity contribution in [2.45, 2.75) is 55.8 Å². The second-order valence-electron chi connectivity index (χ2n) is 11.0. The van der Waals surface area contributed by atoms with Gasteiger partial charge in [-0.25, -0.2) is 14.5 Å². The Bertz CT molecular complexity index is 1080. The second-order valence-corrected chi connectivity index (χ2v) is 11.3. The number of halogens is 4. The highest BCUT2D eigenvalue weighted by Crippen LogP contribution is 2.73. The first-order valence-corrected chi connectivity index (χ1v) is 11.4. The van der Waals surface area contributed by atoms with Crippen LogP contribution in [0.4, 0.5) is 13.2 Å². The Labute approximate surface area is 205 Å². The van der Waals surface area contributed by atoms with Crippen LogP contribution in [0.5, 0.6) is 5.88 Å². The highest BCUT2D eigenvalue weighted by atomic mass is 35.5. The molecular weight excluding hydrogens is 466 g/mol. The summed E-state index contributed by atoms with van der Waals surface area (Å²) >= 11 is 6.19. The summed E-state index contributed by atoms with van der Waals surface area (Å²) < 4.78 is 53.8. The first-order valence-electron chi connectivity index (χ1n) is 11.1. The molecule has 3 rings (SSSR count). The zero-order chi connectivity index (χ0) is 25.7. The third-order valence-corrected chi connectivity index (χ3v) is 7.30. The van der Waals surface area contributed by atoms with Crippen LogP contribution in [0, 0.1) is 5.41 Å². The van der Waals surface area contributed by atoms with E-state index in [1.54, 1.807) is 70.5 Å². The summed E-state index contributed by atoms with van der Waals surface area (Å²) in [7, 11) is 6.89. The molecule has 0 aromatic carbocycles. The highest BCUT2D eigenvalue weighted by Gasteiger charge is 2.72. The Morgan fingerprint density at radius 1 is 1.15 bits per heavy atom. The Balaban J connectivity index is 1.71. The number of pyridine rings is 1. The van der Waals surface area contributed by atoms with Crippen LogP contribution in [0.15, 0.2) is 24.4 Å². The minimum Gasteiger partial charge on any atom is -0.478 e. The maximum Gasteiger partial charge on any atom is 0.393 e. The molecule has 1 fully saturated rings. The predicted molar refractivity (Wildman–Crippen MR) is 134 cm³/mol. The first-order chi connectivity index (χ1) is 15.4. The van der Waals surface area contributed by atoms with E-state index in [9.17, 15) is 18.0 Å². The zero-order valence-corrected chi connectivity index (χ0v) is 21.3. The SMILES string of the molecule is BC(B)(COc1ccn(-c2ccc(C(=O)OC(C)(C)C)c(Cl)n2)n1)C(B)(B)C1(C(F)(F)F)CC1. The fourth-order valence-corrected chi connectivity index (χ4v) is 4.25. The quantitative estimate of drug-likeness (QED) is 0.332. The molecule has 0 unspecified atom stereocenters. The van der Waals surface area contributed by atoms with Gasteiger partial charge >= 0.3 is 12.1 Å². The van der Waals surface area contributed by atoms with Crippen LogP contribution in [0.2, 0.25) is 15.6 Å². The molecule has 0 spiro atoms. The van der Waals surface area contributed by atoms with Gasteiger partial charge in [-0.2, -0.15) is 13.2 Å². The van der Waals surface area contributed by atoms with Crippen LogP contribution in [-0.2, 0) is 4.74 Å². The second kappa shape index (κ2) is 8.57. The highest BCUT2D eigenvalue weighted by molar-refractivity contribution is 6.54. The van der Waals surface area contributed by atoms with E-state index in [-0.39, 0.29) is 36.0 Å². The Morgan fingerprint density at radius 2 is 1.76 bits per heavy atom. The van der Waals surface area contributed by atoms with Crippen molar-refractivity contribution in [1.82, 2.24) is 14.8 Å². The Hall–Kier alpha value is -2.03. The van der Waals surface area contributed by atoms with Crippen molar-refractivity contribution in [2.75, 3.05) is 6.61 Å². The van der Waals surface area contributed by atoms with Crippen LogP contribution >= 0.6 is 11.6 Å². The van der Waals surface area contributed by atoms with Gasteiger partial charge in [-0.3, -0.25) is 0 Å². The van der Waals surface area contributed by atoms with E-state index in [2.05, 4.69) is 10.1 Å². The standard InChI is InChI=1S/C20H27B4ClF3N3O3/c1-16(2,3)34-15(32)11-4-5-12(29-14(11)25)31-9-6-13(30-31)33-10-18(21,22)19(23,24)17(7-8-17)20(26,27)28/h4-6,9H,7-8,10,21-24H2,1-3H3. The first kappa shape index (κ1) is 26.6. The van der Waals surface area contributed by atoms with Gasteiger partial charge in [0.05, 0.1) is 33.3 Å². The molecule has 2 aromatic rings. The molecule has 0 amide bonds. The summed E-state index contributed by atoms with van der Waals surface area (Å²) in [6.45, 7) is 5.31. The molecule has 0 N–H and O–H groups in total. The van der Waals surface area contributed by atoms with Crippen molar-refractivity contribution >= 4 is 49.0 Å². The lowest BCUT2D eigenvalue weighted by molar-refractivity contribution is -0.193. The number of esters is 1. The number of hydrogen-bond donors (Lipinski definition) is 0. The molecule has 2 aromatic heterocycles. The van der Waals surface area contributed by atoms with Gasteiger partial charge in [0, 0.05) is 12.3 Å². The summed E-state index contributed by atoms with van der Waals surface area (Å²) in [5.41, 5.74) is -2.23. The third-order valence-electron chi connectivity index (χ3n) is 7.01. The van der Waals surface area contributed by atoms with Gasteiger partial charge in [0.1, 0.15) is 26.4 Å². The molecule has 0 atom stereocenters. The number of carbonyl (C=O) groups excluding carboxylic acids is 1. The molecule has 1 saturated carbocycles. The molecule has 0 saturated heterocycles. The number of rotatable bonds is 7. The summed E-state index contributed by atoms with van der Waals surface area (Å²) in [4.78, 5) is 16.5. The molecule has 1 aliphatic rings. The van der Waals surface area contributed by atoms with E-state index in [0.717, 1.165) is 0 Å². The zero-order valence-electron chi connectivity index (χ0n) is 20.5. The van der Waals surface area contributed by atoms with E-state index in [1.807, 2.05) is 0 Å². The summed E-state index contributed by atoms with van der Waals surface area (Å²) in [6.07, 6.45) is -2.40. The molecule has 1 aliphatic carbocycles. The average Bonchev–Trinajstić information content (AvgIpc) is 3.39. The molecule has 0 radical (unpaired) electrons. The lowest BCUT2D eigenvalue weighted by atomic mass is 9.26. The molecule has 34 heavy (non-hydrogen) atoms. The number of hydrogen-bond acceptors (Lipinski definition) is 5. The largest absolute Gasteiger partial charge is 0.478 e. The van der Waals surface area contributed by atoms with E-state index < -0.39 is 33.6 Å². The van der Waals surface area contributed by atoms with E-state index in [1.165, 1.54) is 10.7 Å². The number of aromatic nitrogens is 3. The van der Waals surface area contributed by atoms with Crippen molar-refractivity contribution in [2.24, 2.45) is 5.41 Å². The fraction of sp³-hybridized carbons (Fsp3) is 0.550. The number of nitrogens with zero attached hydrogens (tertiary/aromatic N) is 3. The summed E-state index contributed by atoms with van der Waals surface area (Å²) in [5.74, 6) is 0.00815. The van der Waals surface area contributed by atoms with Crippen LogP contribution < -0.4 is 4.74 Å². The summed E-state index contributed by atoms with van der Waals surface area (Å²) in [5, 5.41) is 2.46. The average molecular weight is 493 g/mol. The number of carbonyl (C=O) groups is 1. The molecule has 180 valence electrons. The van der Waals surface area contributed by atoms with Gasteiger partial charge < -0.3 is 9.47 Å². The van der Waals surface area contributed by atoms with Crippen LogP contribution in [0.1, 0.15) is 44.0 Å². The van der Waals surface area contributed by atoms with Crippen molar-refractivity contribution in [3.05, 3.63) is 35.1 Å². The maximum atomic E-state index is 13.8. The Morgan fingerprint density at radius 3 is 2.26 bits per heavy atom. The smallest absolute Gasteiger partial charge is 0.393 e. The Kier molecular flexibility index (Phi) is 6.70. The van der Waals surface area contributed by atoms with Crippen LogP contribution in [-0.4, -0.2) is 70.5 Å². The van der Waals surface area contributed by atoms with Gasteiger partial charge in [-0.05, 0) is 45.7 Å².